The van der Waals surface area contributed by atoms with Gasteiger partial charge >= 0.3 is 0 Å². The van der Waals surface area contributed by atoms with Gasteiger partial charge in [-0.3, -0.25) is 4.79 Å². The quantitative estimate of drug-likeness (QED) is 0.879. The van der Waals surface area contributed by atoms with Crippen molar-refractivity contribution in [2.24, 2.45) is 0 Å². The number of hydrogen-bond donors (Lipinski definition) is 2. The molecule has 2 N–H and O–H groups in total. The van der Waals surface area contributed by atoms with Gasteiger partial charge < -0.3 is 10.6 Å². The molecule has 0 bridgehead atoms. The van der Waals surface area contributed by atoms with Crippen LogP contribution in [0.3, 0.4) is 0 Å². The average Bonchev–Trinajstić information content (AvgIpc) is 2.38. The molecular formula is C14H18N4O. The summed E-state index contributed by atoms with van der Waals surface area (Å²) in [6.45, 7) is 5.70. The molecule has 5 nitrogen and oxygen atoms in total. The first-order valence-corrected chi connectivity index (χ1v) is 6.35. The van der Waals surface area contributed by atoms with E-state index in [9.17, 15) is 4.79 Å². The highest BCUT2D eigenvalue weighted by molar-refractivity contribution is 5.93. The smallest absolute Gasteiger partial charge is 0.242 e. The van der Waals surface area contributed by atoms with E-state index >= 15 is 0 Å². The number of rotatable bonds is 4. The van der Waals surface area contributed by atoms with Gasteiger partial charge in [0.2, 0.25) is 5.91 Å². The van der Waals surface area contributed by atoms with Gasteiger partial charge in [-0.15, -0.1) is 0 Å². The Morgan fingerprint density at radius 2 is 1.95 bits per heavy atom. The number of benzene rings is 1. The van der Waals surface area contributed by atoms with Crippen LogP contribution in [0.2, 0.25) is 0 Å². The number of nitrogens with zero attached hydrogens (tertiary/aromatic N) is 2. The SMILES string of the molecule is CC(C)NC(=O)C(C)Nc1cnnc2ccccc12. The van der Waals surface area contributed by atoms with Crippen molar-refractivity contribution >= 4 is 22.5 Å². The van der Waals surface area contributed by atoms with Gasteiger partial charge in [-0.25, -0.2) is 0 Å². The number of carbonyl (C=O) groups is 1. The minimum absolute atomic E-state index is 0.0316. The molecule has 1 amide bonds. The van der Waals surface area contributed by atoms with E-state index < -0.39 is 0 Å². The molecule has 0 saturated carbocycles. The predicted octanol–water partition coefficient (Wildman–Crippen LogP) is 1.95. The Bertz CT molecular complexity index is 577. The van der Waals surface area contributed by atoms with Crippen LogP contribution in [-0.2, 0) is 4.79 Å². The van der Waals surface area contributed by atoms with Crippen LogP contribution in [0.15, 0.2) is 30.5 Å². The van der Waals surface area contributed by atoms with Gasteiger partial charge in [-0.05, 0) is 26.8 Å². The maximum Gasteiger partial charge on any atom is 0.242 e. The summed E-state index contributed by atoms with van der Waals surface area (Å²) in [6, 6.07) is 7.51. The number of aromatic nitrogens is 2. The molecular weight excluding hydrogens is 240 g/mol. The molecule has 100 valence electrons. The van der Waals surface area contributed by atoms with Gasteiger partial charge in [0, 0.05) is 11.4 Å². The molecule has 1 aromatic heterocycles. The van der Waals surface area contributed by atoms with Crippen molar-refractivity contribution in [2.45, 2.75) is 32.9 Å². The molecule has 0 radical (unpaired) electrons. The minimum Gasteiger partial charge on any atom is -0.372 e. The zero-order valence-corrected chi connectivity index (χ0v) is 11.3. The first-order chi connectivity index (χ1) is 9.08. The second-order valence-electron chi connectivity index (χ2n) is 4.80. The van der Waals surface area contributed by atoms with Crippen LogP contribution in [0.25, 0.3) is 10.9 Å². The Morgan fingerprint density at radius 3 is 2.68 bits per heavy atom. The molecule has 0 saturated heterocycles. The van der Waals surface area contributed by atoms with Crippen LogP contribution in [0, 0.1) is 0 Å². The van der Waals surface area contributed by atoms with Crippen molar-refractivity contribution in [3.63, 3.8) is 0 Å². The van der Waals surface area contributed by atoms with E-state index in [2.05, 4.69) is 20.8 Å². The van der Waals surface area contributed by atoms with Crippen LogP contribution in [0.4, 0.5) is 5.69 Å². The van der Waals surface area contributed by atoms with E-state index in [4.69, 9.17) is 0 Å². The summed E-state index contributed by atoms with van der Waals surface area (Å²) in [6.07, 6.45) is 1.64. The summed E-state index contributed by atoms with van der Waals surface area (Å²) in [4.78, 5) is 11.9. The predicted molar refractivity (Wildman–Crippen MR) is 75.9 cm³/mol. The molecule has 0 aliphatic rings. The van der Waals surface area contributed by atoms with Crippen LogP contribution < -0.4 is 10.6 Å². The second-order valence-corrected chi connectivity index (χ2v) is 4.80. The van der Waals surface area contributed by atoms with Gasteiger partial charge in [0.05, 0.1) is 17.4 Å². The fraction of sp³-hybridized carbons (Fsp3) is 0.357. The molecule has 2 aromatic rings. The van der Waals surface area contributed by atoms with E-state index in [1.54, 1.807) is 6.20 Å². The Morgan fingerprint density at radius 1 is 1.21 bits per heavy atom. The fourth-order valence-electron chi connectivity index (χ4n) is 1.83. The van der Waals surface area contributed by atoms with Crippen molar-refractivity contribution < 1.29 is 4.79 Å². The monoisotopic (exact) mass is 258 g/mol. The Kier molecular flexibility index (Phi) is 3.94. The molecule has 0 fully saturated rings. The van der Waals surface area contributed by atoms with Gasteiger partial charge in [0.25, 0.3) is 0 Å². The molecule has 1 unspecified atom stereocenters. The molecule has 19 heavy (non-hydrogen) atoms. The molecule has 1 atom stereocenters. The summed E-state index contributed by atoms with van der Waals surface area (Å²) >= 11 is 0. The van der Waals surface area contributed by atoms with Gasteiger partial charge in [0.1, 0.15) is 6.04 Å². The van der Waals surface area contributed by atoms with Gasteiger partial charge in [-0.1, -0.05) is 18.2 Å². The van der Waals surface area contributed by atoms with Crippen molar-refractivity contribution in [2.75, 3.05) is 5.32 Å². The minimum atomic E-state index is -0.324. The van der Waals surface area contributed by atoms with E-state index in [-0.39, 0.29) is 18.0 Å². The Balaban J connectivity index is 2.19. The molecule has 0 aliphatic heterocycles. The zero-order chi connectivity index (χ0) is 13.8. The van der Waals surface area contributed by atoms with Crippen LogP contribution in [0.5, 0.6) is 0 Å². The lowest BCUT2D eigenvalue weighted by atomic mass is 10.2. The lowest BCUT2D eigenvalue weighted by Gasteiger charge is -2.17. The van der Waals surface area contributed by atoms with Crippen molar-refractivity contribution in [1.29, 1.82) is 0 Å². The van der Waals surface area contributed by atoms with Gasteiger partial charge in [-0.2, -0.15) is 10.2 Å². The van der Waals surface area contributed by atoms with Crippen LogP contribution >= 0.6 is 0 Å². The lowest BCUT2D eigenvalue weighted by Crippen LogP contribution is -2.41. The summed E-state index contributed by atoms with van der Waals surface area (Å²) in [5, 5.41) is 15.0. The normalized spacial score (nSPS) is 12.4. The van der Waals surface area contributed by atoms with Crippen LogP contribution in [0.1, 0.15) is 20.8 Å². The lowest BCUT2D eigenvalue weighted by molar-refractivity contribution is -0.122. The highest BCUT2D eigenvalue weighted by Gasteiger charge is 2.14. The summed E-state index contributed by atoms with van der Waals surface area (Å²) in [5.74, 6) is -0.0316. The molecule has 1 aromatic carbocycles. The molecule has 2 rings (SSSR count). The van der Waals surface area contributed by atoms with E-state index in [1.165, 1.54) is 0 Å². The maximum absolute atomic E-state index is 11.9. The summed E-state index contributed by atoms with van der Waals surface area (Å²) in [5.41, 5.74) is 1.63. The largest absolute Gasteiger partial charge is 0.372 e. The van der Waals surface area contributed by atoms with Crippen molar-refractivity contribution in [1.82, 2.24) is 15.5 Å². The second kappa shape index (κ2) is 5.65. The third-order valence-electron chi connectivity index (χ3n) is 2.74. The number of nitrogens with one attached hydrogen (secondary N) is 2. The molecule has 5 heteroatoms. The summed E-state index contributed by atoms with van der Waals surface area (Å²) in [7, 11) is 0. The van der Waals surface area contributed by atoms with Crippen molar-refractivity contribution in [3.05, 3.63) is 30.5 Å². The van der Waals surface area contributed by atoms with E-state index in [1.807, 2.05) is 45.0 Å². The maximum atomic E-state index is 11.9. The Hall–Kier alpha value is -2.17. The number of carbonyl (C=O) groups excluding carboxylic acids is 1. The first-order valence-electron chi connectivity index (χ1n) is 6.35. The van der Waals surface area contributed by atoms with Crippen molar-refractivity contribution in [3.8, 4) is 0 Å². The van der Waals surface area contributed by atoms with Crippen LogP contribution in [-0.4, -0.2) is 28.2 Å². The summed E-state index contributed by atoms with van der Waals surface area (Å²) < 4.78 is 0. The number of amides is 1. The topological polar surface area (TPSA) is 66.9 Å². The third kappa shape index (κ3) is 3.19. The standard InChI is InChI=1S/C14H18N4O/c1-9(2)16-14(19)10(3)17-13-8-15-18-12-7-5-4-6-11(12)13/h4-10H,1-3H3,(H,16,19)(H,17,18). The number of hydrogen-bond acceptors (Lipinski definition) is 4. The van der Waals surface area contributed by atoms with E-state index in [0.29, 0.717) is 0 Å². The highest BCUT2D eigenvalue weighted by Crippen LogP contribution is 2.20. The molecule has 0 spiro atoms. The van der Waals surface area contributed by atoms with Gasteiger partial charge in [0.15, 0.2) is 0 Å². The number of anilines is 1. The number of fused-ring (bicyclic) bond motifs is 1. The zero-order valence-electron chi connectivity index (χ0n) is 11.3. The highest BCUT2D eigenvalue weighted by atomic mass is 16.2. The molecule has 1 heterocycles. The van der Waals surface area contributed by atoms with E-state index in [0.717, 1.165) is 16.6 Å². The first kappa shape index (κ1) is 13.3. The molecule has 0 aliphatic carbocycles. The fourth-order valence-corrected chi connectivity index (χ4v) is 1.83. The Labute approximate surface area is 112 Å². The third-order valence-corrected chi connectivity index (χ3v) is 2.74. The average molecular weight is 258 g/mol.